The van der Waals surface area contributed by atoms with Crippen LogP contribution in [0.25, 0.3) is 19.5 Å². The van der Waals surface area contributed by atoms with Gasteiger partial charge >= 0.3 is 202 Å². The molecule has 0 bridgehead atoms. The number of thiophene rings is 3. The third-order valence-corrected chi connectivity index (χ3v) is 28.3. The number of hydrogen-bond donors (Lipinski definition) is 0. The molecule has 0 aromatic carbocycles. The average molecular weight is 566 g/mol. The van der Waals surface area contributed by atoms with Crippen LogP contribution in [0.5, 0.6) is 0 Å². The van der Waals surface area contributed by atoms with Crippen LogP contribution in [0.2, 0.25) is 13.3 Å². The van der Waals surface area contributed by atoms with Gasteiger partial charge in [0.05, 0.1) is 0 Å². The van der Waals surface area contributed by atoms with Gasteiger partial charge in [0.25, 0.3) is 0 Å². The molecule has 3 heterocycles. The second kappa shape index (κ2) is 11.7. The molecule has 0 N–H and O–H groups in total. The van der Waals surface area contributed by atoms with Gasteiger partial charge in [0.15, 0.2) is 0 Å². The van der Waals surface area contributed by atoms with E-state index >= 15 is 0 Å². The van der Waals surface area contributed by atoms with Gasteiger partial charge < -0.3 is 0 Å². The first-order valence-corrected chi connectivity index (χ1v) is 21.8. The van der Waals surface area contributed by atoms with Gasteiger partial charge in [-0.3, -0.25) is 0 Å². The summed E-state index contributed by atoms with van der Waals surface area (Å²) in [4.78, 5) is 5.92. The zero-order valence-corrected chi connectivity index (χ0v) is 24.8. The standard InChI is InChI=1S/C14H11S3.3C4H9.Sn/c1-9-5-7-15-13(9)11-3-4-12(17-11)14-10(2)6-8-16-14;3*1-3-4-2;/h3-7H,1-2H3;3*1,3-4H2,2H3;. The van der Waals surface area contributed by atoms with E-state index in [1.807, 2.05) is 25.6 Å². The molecule has 0 unspecified atom stereocenters. The number of unbranched alkanes of at least 4 members (excludes halogenated alkanes) is 3. The Kier molecular flexibility index (Phi) is 9.55. The van der Waals surface area contributed by atoms with Crippen molar-refractivity contribution in [2.45, 2.75) is 86.5 Å². The van der Waals surface area contributed by atoms with Crippen LogP contribution in [0.15, 0.2) is 29.6 Å². The van der Waals surface area contributed by atoms with Crippen molar-refractivity contribution in [1.82, 2.24) is 0 Å². The molecule has 3 aromatic rings. The Bertz CT molecular complexity index is 893. The first kappa shape index (κ1) is 24.5. The first-order valence-electron chi connectivity index (χ1n) is 11.8. The van der Waals surface area contributed by atoms with E-state index in [1.54, 1.807) is 18.2 Å². The first-order chi connectivity index (χ1) is 14.5. The molecule has 4 heteroatoms. The molecule has 0 nitrogen and oxygen atoms in total. The van der Waals surface area contributed by atoms with Gasteiger partial charge in [-0.25, -0.2) is 0 Å². The van der Waals surface area contributed by atoms with E-state index in [9.17, 15) is 0 Å². The van der Waals surface area contributed by atoms with E-state index in [2.05, 4.69) is 75.6 Å². The Hall–Kier alpha value is -0.101. The molecule has 0 atom stereocenters. The van der Waals surface area contributed by atoms with Crippen molar-refractivity contribution in [2.24, 2.45) is 0 Å². The summed E-state index contributed by atoms with van der Waals surface area (Å²) >= 11 is 3.73. The van der Waals surface area contributed by atoms with Gasteiger partial charge in [-0.1, -0.05) is 0 Å². The van der Waals surface area contributed by atoms with Crippen molar-refractivity contribution < 1.29 is 0 Å². The molecule has 164 valence electrons. The van der Waals surface area contributed by atoms with E-state index in [0.717, 1.165) is 0 Å². The quantitative estimate of drug-likeness (QED) is 0.192. The molecule has 0 spiro atoms. The summed E-state index contributed by atoms with van der Waals surface area (Å²) in [5, 5.41) is 2.22. The van der Waals surface area contributed by atoms with Crippen LogP contribution >= 0.6 is 34.0 Å². The fourth-order valence-corrected chi connectivity index (χ4v) is 27.3. The second-order valence-electron chi connectivity index (χ2n) is 8.81. The summed E-state index contributed by atoms with van der Waals surface area (Å²) in [5.74, 6) is 0. The molecular formula is C26H38S3Sn. The van der Waals surface area contributed by atoms with Crippen molar-refractivity contribution in [3.05, 3.63) is 40.8 Å². The van der Waals surface area contributed by atoms with Crippen LogP contribution in [0.3, 0.4) is 0 Å². The molecule has 0 saturated carbocycles. The molecule has 0 radical (unpaired) electrons. The predicted octanol–water partition coefficient (Wildman–Crippen LogP) is 9.88. The minimum atomic E-state index is -2.33. The van der Waals surface area contributed by atoms with Crippen molar-refractivity contribution >= 4 is 55.3 Å². The topological polar surface area (TPSA) is 0 Å². The van der Waals surface area contributed by atoms with Crippen molar-refractivity contribution in [3.63, 3.8) is 0 Å². The molecule has 30 heavy (non-hydrogen) atoms. The summed E-state index contributed by atoms with van der Waals surface area (Å²) in [6.45, 7) is 11.7. The Morgan fingerprint density at radius 2 is 1.27 bits per heavy atom. The summed E-state index contributed by atoms with van der Waals surface area (Å²) in [6, 6.07) is 9.61. The van der Waals surface area contributed by atoms with Crippen molar-refractivity contribution in [3.8, 4) is 19.5 Å². The van der Waals surface area contributed by atoms with Crippen LogP contribution in [-0.2, 0) is 0 Å². The maximum absolute atomic E-state index is 2.65. The average Bonchev–Trinajstić information content (AvgIpc) is 3.47. The van der Waals surface area contributed by atoms with Gasteiger partial charge in [0.1, 0.15) is 0 Å². The molecule has 0 aliphatic heterocycles. The molecule has 0 aliphatic rings. The van der Waals surface area contributed by atoms with E-state index in [0.29, 0.717) is 0 Å². The van der Waals surface area contributed by atoms with E-state index in [-0.39, 0.29) is 0 Å². The summed E-state index contributed by atoms with van der Waals surface area (Å²) in [6.07, 6.45) is 8.37. The predicted molar refractivity (Wildman–Crippen MR) is 145 cm³/mol. The third-order valence-electron chi connectivity index (χ3n) is 6.38. The zero-order valence-electron chi connectivity index (χ0n) is 19.5. The van der Waals surface area contributed by atoms with Crippen LogP contribution in [0.4, 0.5) is 0 Å². The van der Waals surface area contributed by atoms with Gasteiger partial charge in [-0.05, 0) is 0 Å². The SMILES string of the molecule is CCC[CH2][Sn]([CH2]CCC)([CH2]CCC)[c]1cc(C)c(-c2ccc(-c3sccc3C)s2)s1. The molecule has 0 fully saturated rings. The van der Waals surface area contributed by atoms with Gasteiger partial charge in [-0.15, -0.1) is 0 Å². The number of rotatable bonds is 12. The molecule has 0 amide bonds. The monoisotopic (exact) mass is 566 g/mol. The zero-order chi connectivity index (χ0) is 21.6. The molecule has 3 aromatic heterocycles. The van der Waals surface area contributed by atoms with Crippen LogP contribution in [-0.4, -0.2) is 18.4 Å². The van der Waals surface area contributed by atoms with Crippen molar-refractivity contribution in [2.75, 3.05) is 0 Å². The Morgan fingerprint density at radius 3 is 1.77 bits per heavy atom. The number of hydrogen-bond acceptors (Lipinski definition) is 3. The fourth-order valence-electron chi connectivity index (χ4n) is 4.49. The maximum atomic E-state index is 2.65. The Balaban J connectivity index is 1.96. The summed E-state index contributed by atoms with van der Waals surface area (Å²) in [7, 11) is 0. The molecule has 3 rings (SSSR count). The van der Waals surface area contributed by atoms with Crippen LogP contribution in [0, 0.1) is 13.8 Å². The second-order valence-corrected chi connectivity index (χ2v) is 26.0. The summed E-state index contributed by atoms with van der Waals surface area (Å²) < 4.78 is 6.56. The van der Waals surface area contributed by atoms with Crippen LogP contribution in [0.1, 0.15) is 70.4 Å². The Morgan fingerprint density at radius 1 is 0.700 bits per heavy atom. The van der Waals surface area contributed by atoms with E-state index in [4.69, 9.17) is 0 Å². The fraction of sp³-hybridized carbons (Fsp3) is 0.538. The van der Waals surface area contributed by atoms with E-state index < -0.39 is 18.4 Å². The number of aryl methyl sites for hydroxylation is 2. The van der Waals surface area contributed by atoms with Gasteiger partial charge in [0.2, 0.25) is 0 Å². The summed E-state index contributed by atoms with van der Waals surface area (Å²) in [5.41, 5.74) is 2.93. The third kappa shape index (κ3) is 5.63. The Labute approximate surface area is 200 Å². The molecule has 0 aliphatic carbocycles. The normalized spacial score (nSPS) is 12.0. The van der Waals surface area contributed by atoms with Crippen LogP contribution < -0.4 is 2.89 Å². The minimum absolute atomic E-state index is 1.35. The van der Waals surface area contributed by atoms with Crippen molar-refractivity contribution in [1.29, 1.82) is 0 Å². The van der Waals surface area contributed by atoms with Gasteiger partial charge in [0, 0.05) is 0 Å². The molecule has 0 saturated heterocycles. The van der Waals surface area contributed by atoms with Gasteiger partial charge in [-0.2, -0.15) is 0 Å². The van der Waals surface area contributed by atoms with E-state index in [1.165, 1.54) is 64.3 Å². The molecular weight excluding hydrogens is 527 g/mol.